The monoisotopic (exact) mass is 195 g/mol. The van der Waals surface area contributed by atoms with E-state index in [-0.39, 0.29) is 23.6 Å². The van der Waals surface area contributed by atoms with Crippen LogP contribution in [0, 0.1) is 5.82 Å². The van der Waals surface area contributed by atoms with Gasteiger partial charge in [-0.25, -0.2) is 4.39 Å². The Kier molecular flexibility index (Phi) is 2.89. The van der Waals surface area contributed by atoms with Gasteiger partial charge in [-0.15, -0.1) is 0 Å². The van der Waals surface area contributed by atoms with Crippen molar-refractivity contribution in [1.29, 1.82) is 0 Å². The minimum Gasteiger partial charge on any atom is -0.370 e. The molecule has 14 heavy (non-hydrogen) atoms. The van der Waals surface area contributed by atoms with Gasteiger partial charge in [-0.2, -0.15) is 0 Å². The molecular formula is C11H14FNO. The molecule has 76 valence electrons. The molecule has 0 saturated carbocycles. The molecule has 0 radical (unpaired) electrons. The van der Waals surface area contributed by atoms with Crippen molar-refractivity contribution in [3.8, 4) is 0 Å². The van der Waals surface area contributed by atoms with Gasteiger partial charge in [0.1, 0.15) is 5.82 Å². The van der Waals surface area contributed by atoms with Crippen LogP contribution < -0.4 is 5.73 Å². The van der Waals surface area contributed by atoms with Crippen molar-refractivity contribution < 1.29 is 9.18 Å². The number of primary amides is 1. The SMILES string of the molecule is CC(C)(CC(N)=O)c1ccc(F)cc1. The Morgan fingerprint density at radius 2 is 1.86 bits per heavy atom. The normalized spacial score (nSPS) is 11.4. The van der Waals surface area contributed by atoms with E-state index >= 15 is 0 Å². The zero-order valence-electron chi connectivity index (χ0n) is 8.38. The molecule has 0 saturated heterocycles. The highest BCUT2D eigenvalue weighted by atomic mass is 19.1. The summed E-state index contributed by atoms with van der Waals surface area (Å²) in [5.41, 5.74) is 5.71. The van der Waals surface area contributed by atoms with Gasteiger partial charge in [0.05, 0.1) is 0 Å². The lowest BCUT2D eigenvalue weighted by Crippen LogP contribution is -2.26. The standard InChI is InChI=1S/C11H14FNO/c1-11(2,7-10(13)14)8-3-5-9(12)6-4-8/h3-6H,7H2,1-2H3,(H2,13,14). The minimum atomic E-state index is -0.348. The zero-order chi connectivity index (χ0) is 10.8. The number of hydrogen-bond acceptors (Lipinski definition) is 1. The molecule has 1 amide bonds. The highest BCUT2D eigenvalue weighted by molar-refractivity contribution is 5.75. The lowest BCUT2D eigenvalue weighted by atomic mass is 9.81. The predicted molar refractivity (Wildman–Crippen MR) is 53.2 cm³/mol. The Balaban J connectivity index is 2.91. The highest BCUT2D eigenvalue weighted by Crippen LogP contribution is 2.26. The molecule has 0 bridgehead atoms. The van der Waals surface area contributed by atoms with E-state index in [1.54, 1.807) is 12.1 Å². The Bertz CT molecular complexity index is 330. The van der Waals surface area contributed by atoms with Gasteiger partial charge in [0.25, 0.3) is 0 Å². The summed E-state index contributed by atoms with van der Waals surface area (Å²) in [5.74, 6) is -0.622. The van der Waals surface area contributed by atoms with E-state index in [1.807, 2.05) is 13.8 Å². The van der Waals surface area contributed by atoms with E-state index in [1.165, 1.54) is 12.1 Å². The molecular weight excluding hydrogens is 181 g/mol. The molecule has 0 aliphatic carbocycles. The van der Waals surface area contributed by atoms with Crippen molar-refractivity contribution >= 4 is 5.91 Å². The topological polar surface area (TPSA) is 43.1 Å². The lowest BCUT2D eigenvalue weighted by molar-refractivity contribution is -0.119. The fourth-order valence-corrected chi connectivity index (χ4v) is 1.44. The van der Waals surface area contributed by atoms with Gasteiger partial charge in [0.2, 0.25) is 5.91 Å². The van der Waals surface area contributed by atoms with Crippen LogP contribution in [0.15, 0.2) is 24.3 Å². The Morgan fingerprint density at radius 3 is 2.29 bits per heavy atom. The van der Waals surface area contributed by atoms with Gasteiger partial charge >= 0.3 is 0 Å². The highest BCUT2D eigenvalue weighted by Gasteiger charge is 2.22. The first-order valence-corrected chi connectivity index (χ1v) is 4.46. The third-order valence-corrected chi connectivity index (χ3v) is 2.24. The van der Waals surface area contributed by atoms with Crippen molar-refractivity contribution in [2.45, 2.75) is 25.7 Å². The molecule has 0 fully saturated rings. The van der Waals surface area contributed by atoms with Crippen LogP contribution >= 0.6 is 0 Å². The van der Waals surface area contributed by atoms with Crippen molar-refractivity contribution in [3.05, 3.63) is 35.6 Å². The van der Waals surface area contributed by atoms with Gasteiger partial charge < -0.3 is 5.73 Å². The average molecular weight is 195 g/mol. The van der Waals surface area contributed by atoms with Gasteiger partial charge in [-0.05, 0) is 23.1 Å². The molecule has 0 aliphatic heterocycles. The first-order valence-electron chi connectivity index (χ1n) is 4.46. The number of nitrogens with two attached hydrogens (primary N) is 1. The molecule has 1 aromatic carbocycles. The van der Waals surface area contributed by atoms with Gasteiger partial charge in [-0.1, -0.05) is 26.0 Å². The third-order valence-electron chi connectivity index (χ3n) is 2.24. The maximum absolute atomic E-state index is 12.6. The van der Waals surface area contributed by atoms with Crippen LogP contribution in [0.25, 0.3) is 0 Å². The van der Waals surface area contributed by atoms with E-state index in [0.29, 0.717) is 0 Å². The number of carbonyl (C=O) groups is 1. The molecule has 0 unspecified atom stereocenters. The Morgan fingerprint density at radius 1 is 1.36 bits per heavy atom. The fraction of sp³-hybridized carbons (Fsp3) is 0.364. The summed E-state index contributed by atoms with van der Waals surface area (Å²) in [6.07, 6.45) is 0.263. The summed E-state index contributed by atoms with van der Waals surface area (Å²) >= 11 is 0. The van der Waals surface area contributed by atoms with Gasteiger partial charge in [0, 0.05) is 6.42 Å². The van der Waals surface area contributed by atoms with E-state index < -0.39 is 0 Å². The molecule has 1 aromatic rings. The quantitative estimate of drug-likeness (QED) is 0.787. The van der Waals surface area contributed by atoms with E-state index in [9.17, 15) is 9.18 Å². The van der Waals surface area contributed by atoms with Gasteiger partial charge in [-0.3, -0.25) is 4.79 Å². The van der Waals surface area contributed by atoms with Crippen molar-refractivity contribution in [3.63, 3.8) is 0 Å². The molecule has 2 nitrogen and oxygen atoms in total. The van der Waals surface area contributed by atoms with Crippen LogP contribution in [0.1, 0.15) is 25.8 Å². The molecule has 0 spiro atoms. The second-order valence-corrected chi connectivity index (χ2v) is 4.03. The number of rotatable bonds is 3. The van der Waals surface area contributed by atoms with Crippen LogP contribution in [0.3, 0.4) is 0 Å². The maximum atomic E-state index is 12.6. The first-order chi connectivity index (χ1) is 6.42. The summed E-state index contributed by atoms with van der Waals surface area (Å²) in [4.78, 5) is 10.8. The Hall–Kier alpha value is -1.38. The van der Waals surface area contributed by atoms with E-state index in [2.05, 4.69) is 0 Å². The Labute approximate surface area is 82.9 Å². The molecule has 0 aliphatic rings. The van der Waals surface area contributed by atoms with Crippen molar-refractivity contribution in [1.82, 2.24) is 0 Å². The van der Waals surface area contributed by atoms with Crippen LogP contribution in [-0.2, 0) is 10.2 Å². The summed E-state index contributed by atoms with van der Waals surface area (Å²) in [6.45, 7) is 3.82. The number of hydrogen-bond donors (Lipinski definition) is 1. The number of halogens is 1. The fourth-order valence-electron chi connectivity index (χ4n) is 1.44. The summed E-state index contributed by atoms with van der Waals surface area (Å²) in [5, 5.41) is 0. The molecule has 0 atom stereocenters. The lowest BCUT2D eigenvalue weighted by Gasteiger charge is -2.23. The number of amides is 1. The molecule has 0 heterocycles. The van der Waals surface area contributed by atoms with Crippen molar-refractivity contribution in [2.75, 3.05) is 0 Å². The molecule has 2 N–H and O–H groups in total. The maximum Gasteiger partial charge on any atom is 0.218 e. The zero-order valence-corrected chi connectivity index (χ0v) is 8.38. The van der Waals surface area contributed by atoms with Crippen molar-refractivity contribution in [2.24, 2.45) is 5.73 Å². The molecule has 3 heteroatoms. The van der Waals surface area contributed by atoms with Gasteiger partial charge in [0.15, 0.2) is 0 Å². The summed E-state index contributed by atoms with van der Waals surface area (Å²) < 4.78 is 12.6. The first kappa shape index (κ1) is 10.7. The van der Waals surface area contributed by atoms with Crippen LogP contribution in [0.5, 0.6) is 0 Å². The van der Waals surface area contributed by atoms with E-state index in [0.717, 1.165) is 5.56 Å². The second-order valence-electron chi connectivity index (χ2n) is 4.03. The third kappa shape index (κ3) is 2.55. The smallest absolute Gasteiger partial charge is 0.218 e. The number of carbonyl (C=O) groups excluding carboxylic acids is 1. The largest absolute Gasteiger partial charge is 0.370 e. The average Bonchev–Trinajstić information content (AvgIpc) is 2.02. The van der Waals surface area contributed by atoms with Crippen LogP contribution in [-0.4, -0.2) is 5.91 Å². The molecule has 1 rings (SSSR count). The van der Waals surface area contributed by atoms with Crippen LogP contribution in [0.2, 0.25) is 0 Å². The molecule has 0 aromatic heterocycles. The van der Waals surface area contributed by atoms with Crippen LogP contribution in [0.4, 0.5) is 4.39 Å². The van der Waals surface area contributed by atoms with E-state index in [4.69, 9.17) is 5.73 Å². The summed E-state index contributed by atoms with van der Waals surface area (Å²) in [7, 11) is 0. The number of benzene rings is 1. The summed E-state index contributed by atoms with van der Waals surface area (Å²) in [6, 6.07) is 6.13. The minimum absolute atomic E-state index is 0.263. The predicted octanol–water partition coefficient (Wildman–Crippen LogP) is 1.98. The second kappa shape index (κ2) is 3.78.